The maximum atomic E-state index is 11.9. The van der Waals surface area contributed by atoms with Gasteiger partial charge in [-0.2, -0.15) is 0 Å². The van der Waals surface area contributed by atoms with E-state index < -0.39 is 5.60 Å². The zero-order chi connectivity index (χ0) is 19.4. The molecule has 28 heavy (non-hydrogen) atoms. The molecule has 1 fully saturated rings. The minimum Gasteiger partial charge on any atom is -0.507 e. The number of phenols is 1. The van der Waals surface area contributed by atoms with Crippen LogP contribution in [0.3, 0.4) is 0 Å². The number of phenolic OH excluding ortho intramolecular Hbond substituents is 1. The van der Waals surface area contributed by atoms with Gasteiger partial charge in [0, 0.05) is 24.3 Å². The van der Waals surface area contributed by atoms with Crippen molar-refractivity contribution < 1.29 is 15.1 Å². The molecule has 0 saturated carbocycles. The van der Waals surface area contributed by atoms with E-state index in [9.17, 15) is 10.2 Å². The highest BCUT2D eigenvalue weighted by molar-refractivity contribution is 5.37. The summed E-state index contributed by atoms with van der Waals surface area (Å²) in [7, 11) is 0. The van der Waals surface area contributed by atoms with Crippen molar-refractivity contribution in [1.29, 1.82) is 0 Å². The lowest BCUT2D eigenvalue weighted by Gasteiger charge is -2.41. The smallest absolute Gasteiger partial charge is 0.124 e. The number of hydrogen-bond donors (Lipinski definition) is 3. The average Bonchev–Trinajstić information content (AvgIpc) is 2.76. The van der Waals surface area contributed by atoms with Crippen LogP contribution >= 0.6 is 0 Å². The molecular formula is C25H28NO2+. The van der Waals surface area contributed by atoms with Crippen LogP contribution in [0.5, 0.6) is 5.75 Å². The standard InChI is InChI=1S/C25H27NO2/c27-24-14-8-7-9-20(24)19-26-17-15-23(16-18-26)25(28,21-10-3-1-4-11-21)22-12-5-2-6-13-22/h1-14,23,27-28H,15-19H2/p+1. The molecule has 1 saturated heterocycles. The molecular weight excluding hydrogens is 346 g/mol. The molecule has 0 atom stereocenters. The Kier molecular flexibility index (Phi) is 5.47. The molecule has 1 aliphatic heterocycles. The van der Waals surface area contributed by atoms with E-state index in [1.54, 1.807) is 6.07 Å². The predicted molar refractivity (Wildman–Crippen MR) is 111 cm³/mol. The van der Waals surface area contributed by atoms with Crippen LogP contribution in [0.2, 0.25) is 0 Å². The lowest BCUT2D eigenvalue weighted by Crippen LogP contribution is -3.11. The van der Waals surface area contributed by atoms with E-state index in [0.29, 0.717) is 5.75 Å². The van der Waals surface area contributed by atoms with Crippen LogP contribution in [-0.4, -0.2) is 23.3 Å². The third-order valence-electron chi connectivity index (χ3n) is 6.14. The highest BCUT2D eigenvalue weighted by atomic mass is 16.3. The molecule has 1 aliphatic rings. The monoisotopic (exact) mass is 374 g/mol. The summed E-state index contributed by atoms with van der Waals surface area (Å²) in [5, 5.41) is 22.0. The van der Waals surface area contributed by atoms with Crippen LogP contribution in [0.15, 0.2) is 84.9 Å². The number of piperidine rings is 1. The van der Waals surface area contributed by atoms with Gasteiger partial charge in [-0.05, 0) is 23.3 Å². The number of likely N-dealkylation sites (tertiary alicyclic amines) is 1. The quantitative estimate of drug-likeness (QED) is 0.643. The largest absolute Gasteiger partial charge is 0.507 e. The molecule has 3 aromatic carbocycles. The first-order valence-corrected chi connectivity index (χ1v) is 10.1. The number of aromatic hydroxyl groups is 1. The zero-order valence-corrected chi connectivity index (χ0v) is 16.1. The number of hydrogen-bond acceptors (Lipinski definition) is 2. The highest BCUT2D eigenvalue weighted by Gasteiger charge is 2.42. The molecule has 3 heteroatoms. The van der Waals surface area contributed by atoms with Crippen LogP contribution in [-0.2, 0) is 12.1 Å². The summed E-state index contributed by atoms with van der Waals surface area (Å²) in [6, 6.07) is 27.7. The molecule has 144 valence electrons. The first kappa shape index (κ1) is 18.7. The molecule has 0 unspecified atom stereocenters. The second-order valence-corrected chi connectivity index (χ2v) is 7.83. The molecule has 3 nitrogen and oxygen atoms in total. The average molecular weight is 375 g/mol. The lowest BCUT2D eigenvalue weighted by molar-refractivity contribution is -0.920. The summed E-state index contributed by atoms with van der Waals surface area (Å²) in [6.45, 7) is 2.80. The topological polar surface area (TPSA) is 44.9 Å². The fourth-order valence-corrected chi connectivity index (χ4v) is 4.57. The first-order valence-electron chi connectivity index (χ1n) is 10.1. The van der Waals surface area contributed by atoms with Gasteiger partial charge in [-0.15, -0.1) is 0 Å². The normalized spacial score (nSPS) is 20.0. The summed E-state index contributed by atoms with van der Waals surface area (Å²) >= 11 is 0. The summed E-state index contributed by atoms with van der Waals surface area (Å²) in [5.74, 6) is 0.549. The van der Waals surface area contributed by atoms with Crippen molar-refractivity contribution in [1.82, 2.24) is 0 Å². The Labute approximate surface area is 166 Å². The van der Waals surface area contributed by atoms with Crippen molar-refractivity contribution in [3.8, 4) is 5.75 Å². The molecule has 4 rings (SSSR count). The van der Waals surface area contributed by atoms with Crippen molar-refractivity contribution in [3.05, 3.63) is 102 Å². The van der Waals surface area contributed by atoms with Crippen molar-refractivity contribution in [3.63, 3.8) is 0 Å². The van der Waals surface area contributed by atoms with Crippen LogP contribution < -0.4 is 4.90 Å². The van der Waals surface area contributed by atoms with E-state index in [0.717, 1.165) is 49.2 Å². The molecule has 0 spiro atoms. The van der Waals surface area contributed by atoms with E-state index in [-0.39, 0.29) is 5.92 Å². The molecule has 3 aromatic rings. The number of rotatable bonds is 5. The number of para-hydroxylation sites is 1. The molecule has 0 aliphatic carbocycles. The van der Waals surface area contributed by atoms with E-state index in [1.807, 2.05) is 78.9 Å². The van der Waals surface area contributed by atoms with Crippen molar-refractivity contribution in [2.45, 2.75) is 25.0 Å². The van der Waals surface area contributed by atoms with Gasteiger partial charge in [0.2, 0.25) is 0 Å². The lowest BCUT2D eigenvalue weighted by atomic mass is 9.72. The SMILES string of the molecule is Oc1ccccc1C[NH+]1CCC(C(O)(c2ccccc2)c2ccccc2)CC1. The molecule has 0 bridgehead atoms. The van der Waals surface area contributed by atoms with Crippen LogP contribution in [0.4, 0.5) is 0 Å². The van der Waals surface area contributed by atoms with E-state index >= 15 is 0 Å². The summed E-state index contributed by atoms with van der Waals surface area (Å²) < 4.78 is 0. The van der Waals surface area contributed by atoms with Gasteiger partial charge in [0.05, 0.1) is 13.1 Å². The van der Waals surface area contributed by atoms with Crippen LogP contribution in [0, 0.1) is 5.92 Å². The van der Waals surface area contributed by atoms with Gasteiger partial charge < -0.3 is 15.1 Å². The second-order valence-electron chi connectivity index (χ2n) is 7.83. The minimum atomic E-state index is -0.969. The molecule has 0 amide bonds. The predicted octanol–water partition coefficient (Wildman–Crippen LogP) is 3.12. The number of benzene rings is 3. The van der Waals surface area contributed by atoms with Gasteiger partial charge in [0.25, 0.3) is 0 Å². The van der Waals surface area contributed by atoms with Crippen LogP contribution in [0.1, 0.15) is 29.5 Å². The fraction of sp³-hybridized carbons (Fsp3) is 0.280. The fourth-order valence-electron chi connectivity index (χ4n) is 4.57. The van der Waals surface area contributed by atoms with E-state index in [4.69, 9.17) is 0 Å². The van der Waals surface area contributed by atoms with Gasteiger partial charge in [0.1, 0.15) is 17.9 Å². The van der Waals surface area contributed by atoms with Gasteiger partial charge in [-0.1, -0.05) is 72.8 Å². The molecule has 3 N–H and O–H groups in total. The van der Waals surface area contributed by atoms with Crippen molar-refractivity contribution in [2.75, 3.05) is 13.1 Å². The zero-order valence-electron chi connectivity index (χ0n) is 16.1. The Bertz CT molecular complexity index is 847. The summed E-state index contributed by atoms with van der Waals surface area (Å²) in [5.41, 5.74) is 1.96. The van der Waals surface area contributed by atoms with E-state index in [2.05, 4.69) is 0 Å². The Balaban J connectivity index is 1.54. The van der Waals surface area contributed by atoms with Gasteiger partial charge in [-0.3, -0.25) is 0 Å². The Morgan fingerprint density at radius 1 is 0.750 bits per heavy atom. The van der Waals surface area contributed by atoms with Gasteiger partial charge in [-0.25, -0.2) is 0 Å². The number of nitrogens with one attached hydrogen (secondary N) is 1. The third-order valence-corrected chi connectivity index (χ3v) is 6.14. The Hall–Kier alpha value is -2.62. The third kappa shape index (κ3) is 3.68. The number of aliphatic hydroxyl groups is 1. The molecule has 0 radical (unpaired) electrons. The second kappa shape index (κ2) is 8.17. The van der Waals surface area contributed by atoms with E-state index in [1.165, 1.54) is 4.90 Å². The minimum absolute atomic E-state index is 0.172. The van der Waals surface area contributed by atoms with Crippen molar-refractivity contribution in [2.24, 2.45) is 5.92 Å². The summed E-state index contributed by atoms with van der Waals surface area (Å²) in [6.07, 6.45) is 1.90. The van der Waals surface area contributed by atoms with Crippen LogP contribution in [0.25, 0.3) is 0 Å². The Morgan fingerprint density at radius 3 is 1.79 bits per heavy atom. The summed E-state index contributed by atoms with van der Waals surface area (Å²) in [4.78, 5) is 1.46. The number of quaternary nitrogens is 1. The van der Waals surface area contributed by atoms with Crippen molar-refractivity contribution >= 4 is 0 Å². The maximum Gasteiger partial charge on any atom is 0.124 e. The highest BCUT2D eigenvalue weighted by Crippen LogP contribution is 2.40. The van der Waals surface area contributed by atoms with Gasteiger partial charge in [0.15, 0.2) is 0 Å². The Morgan fingerprint density at radius 2 is 1.25 bits per heavy atom. The molecule has 1 heterocycles. The first-order chi connectivity index (χ1) is 13.7. The maximum absolute atomic E-state index is 11.9. The van der Waals surface area contributed by atoms with Gasteiger partial charge >= 0.3 is 0 Å². The molecule has 0 aromatic heterocycles.